The lowest BCUT2D eigenvalue weighted by molar-refractivity contribution is 0.620. The minimum absolute atomic E-state index is 0.112. The van der Waals surface area contributed by atoms with Crippen molar-refractivity contribution in [3.05, 3.63) is 47.2 Å². The average Bonchev–Trinajstić information content (AvgIpc) is 2.80. The molecular weight excluding hydrogens is 289 g/mol. The van der Waals surface area contributed by atoms with Crippen LogP contribution in [-0.4, -0.2) is 9.55 Å². The molecule has 5 heteroatoms. The first kappa shape index (κ1) is 13.9. The summed E-state index contributed by atoms with van der Waals surface area (Å²) in [5.74, 6) is 0.215. The van der Waals surface area contributed by atoms with Gasteiger partial charge in [-0.2, -0.15) is 0 Å². The molecule has 108 valence electrons. The second-order valence-corrected chi connectivity index (χ2v) is 5.67. The van der Waals surface area contributed by atoms with E-state index < -0.39 is 5.82 Å². The molecule has 0 saturated carbocycles. The van der Waals surface area contributed by atoms with Crippen LogP contribution in [0.2, 0.25) is 5.02 Å². The summed E-state index contributed by atoms with van der Waals surface area (Å²) in [6.45, 7) is 4.09. The first-order valence-electron chi connectivity index (χ1n) is 6.71. The molecule has 0 aliphatic rings. The zero-order chi connectivity index (χ0) is 15.1. The number of hydrogen-bond donors (Lipinski definition) is 1. The molecule has 0 aliphatic heterocycles. The molecule has 1 heterocycles. The van der Waals surface area contributed by atoms with Gasteiger partial charge in [0.25, 0.3) is 0 Å². The minimum Gasteiger partial charge on any atom is -0.396 e. The second-order valence-electron chi connectivity index (χ2n) is 5.23. The Balaban J connectivity index is 2.37. The predicted octanol–water partition coefficient (Wildman–Crippen LogP) is 4.66. The number of nitrogen functional groups attached to an aromatic ring is 1. The number of benzene rings is 2. The van der Waals surface area contributed by atoms with Gasteiger partial charge in [-0.1, -0.05) is 17.7 Å². The van der Waals surface area contributed by atoms with Crippen LogP contribution in [0.15, 0.2) is 36.4 Å². The molecule has 3 aromatic rings. The van der Waals surface area contributed by atoms with Gasteiger partial charge in [0, 0.05) is 16.6 Å². The fourth-order valence-electron chi connectivity index (χ4n) is 2.51. The van der Waals surface area contributed by atoms with E-state index in [9.17, 15) is 4.39 Å². The molecule has 0 radical (unpaired) electrons. The summed E-state index contributed by atoms with van der Waals surface area (Å²) >= 11 is 6.08. The third kappa shape index (κ3) is 2.25. The van der Waals surface area contributed by atoms with Gasteiger partial charge in [-0.3, -0.25) is 0 Å². The van der Waals surface area contributed by atoms with Crippen molar-refractivity contribution in [1.82, 2.24) is 9.55 Å². The Labute approximate surface area is 127 Å². The fourth-order valence-corrected chi connectivity index (χ4v) is 2.68. The van der Waals surface area contributed by atoms with E-state index in [1.165, 1.54) is 6.07 Å². The molecule has 3 nitrogen and oxygen atoms in total. The smallest absolute Gasteiger partial charge is 0.146 e. The molecule has 3 rings (SSSR count). The van der Waals surface area contributed by atoms with E-state index in [1.807, 2.05) is 30.5 Å². The van der Waals surface area contributed by atoms with Crippen LogP contribution in [-0.2, 0) is 0 Å². The van der Waals surface area contributed by atoms with Crippen LogP contribution in [0.3, 0.4) is 0 Å². The van der Waals surface area contributed by atoms with Gasteiger partial charge in [0.2, 0.25) is 0 Å². The first-order valence-corrected chi connectivity index (χ1v) is 7.08. The third-order valence-corrected chi connectivity index (χ3v) is 3.70. The molecule has 2 aromatic carbocycles. The molecule has 0 amide bonds. The molecule has 0 aliphatic carbocycles. The largest absolute Gasteiger partial charge is 0.396 e. The van der Waals surface area contributed by atoms with Crippen molar-refractivity contribution in [3.63, 3.8) is 0 Å². The Morgan fingerprint density at radius 3 is 2.71 bits per heavy atom. The van der Waals surface area contributed by atoms with E-state index in [1.54, 1.807) is 18.2 Å². The standard InChI is InChI=1S/C16H15ClFN3/c1-9(2)21-14-8-10(17)6-7-13(14)20-16(21)11-4-3-5-12(18)15(11)19/h3-9H,19H2,1-2H3. The lowest BCUT2D eigenvalue weighted by Crippen LogP contribution is -2.05. The van der Waals surface area contributed by atoms with E-state index in [-0.39, 0.29) is 11.7 Å². The highest BCUT2D eigenvalue weighted by Gasteiger charge is 2.18. The summed E-state index contributed by atoms with van der Waals surface area (Å²) in [6.07, 6.45) is 0. The maximum atomic E-state index is 13.7. The lowest BCUT2D eigenvalue weighted by Gasteiger charge is -2.14. The van der Waals surface area contributed by atoms with Gasteiger partial charge < -0.3 is 10.3 Å². The van der Waals surface area contributed by atoms with E-state index in [0.29, 0.717) is 16.4 Å². The van der Waals surface area contributed by atoms with Gasteiger partial charge in [0.15, 0.2) is 0 Å². The van der Waals surface area contributed by atoms with Crippen LogP contribution >= 0.6 is 11.6 Å². The molecule has 0 spiro atoms. The number of rotatable bonds is 2. The van der Waals surface area contributed by atoms with E-state index in [4.69, 9.17) is 17.3 Å². The van der Waals surface area contributed by atoms with Crippen LogP contribution in [0.1, 0.15) is 19.9 Å². The van der Waals surface area contributed by atoms with Gasteiger partial charge in [-0.25, -0.2) is 9.37 Å². The van der Waals surface area contributed by atoms with Gasteiger partial charge >= 0.3 is 0 Å². The summed E-state index contributed by atoms with van der Waals surface area (Å²) in [4.78, 5) is 4.60. The Morgan fingerprint density at radius 2 is 2.00 bits per heavy atom. The first-order chi connectivity index (χ1) is 9.99. The molecule has 0 atom stereocenters. The van der Waals surface area contributed by atoms with Gasteiger partial charge in [0.1, 0.15) is 11.6 Å². The Hall–Kier alpha value is -2.07. The number of imidazole rings is 1. The van der Waals surface area contributed by atoms with Crippen LogP contribution < -0.4 is 5.73 Å². The normalized spacial score (nSPS) is 11.5. The highest BCUT2D eigenvalue weighted by atomic mass is 35.5. The summed E-state index contributed by atoms with van der Waals surface area (Å²) in [6, 6.07) is 10.4. The Morgan fingerprint density at radius 1 is 1.24 bits per heavy atom. The molecule has 2 N–H and O–H groups in total. The number of hydrogen-bond acceptors (Lipinski definition) is 2. The van der Waals surface area contributed by atoms with Crippen molar-refractivity contribution < 1.29 is 4.39 Å². The highest BCUT2D eigenvalue weighted by Crippen LogP contribution is 2.33. The summed E-state index contributed by atoms with van der Waals surface area (Å²) in [5, 5.41) is 0.642. The highest BCUT2D eigenvalue weighted by molar-refractivity contribution is 6.31. The average molecular weight is 304 g/mol. The monoisotopic (exact) mass is 303 g/mol. The van der Waals surface area contributed by atoms with E-state index in [2.05, 4.69) is 4.98 Å². The molecular formula is C16H15ClFN3. The number of para-hydroxylation sites is 1. The van der Waals surface area contributed by atoms with E-state index in [0.717, 1.165) is 11.0 Å². The number of nitrogens with zero attached hydrogens (tertiary/aromatic N) is 2. The van der Waals surface area contributed by atoms with Crippen LogP contribution in [0.4, 0.5) is 10.1 Å². The van der Waals surface area contributed by atoms with Crippen molar-refractivity contribution in [2.75, 3.05) is 5.73 Å². The maximum absolute atomic E-state index is 13.7. The van der Waals surface area contributed by atoms with Gasteiger partial charge in [-0.05, 0) is 44.2 Å². The number of fused-ring (bicyclic) bond motifs is 1. The zero-order valence-corrected chi connectivity index (χ0v) is 12.5. The minimum atomic E-state index is -0.437. The fraction of sp³-hybridized carbons (Fsp3) is 0.188. The van der Waals surface area contributed by atoms with Crippen molar-refractivity contribution in [2.24, 2.45) is 0 Å². The molecule has 0 fully saturated rings. The van der Waals surface area contributed by atoms with Crippen LogP contribution in [0, 0.1) is 5.82 Å². The number of aromatic nitrogens is 2. The molecule has 0 unspecified atom stereocenters. The SMILES string of the molecule is CC(C)n1c(-c2cccc(F)c2N)nc2ccc(Cl)cc21. The lowest BCUT2D eigenvalue weighted by atomic mass is 10.1. The summed E-state index contributed by atoms with van der Waals surface area (Å²) in [5.41, 5.74) is 8.31. The van der Waals surface area contributed by atoms with Crippen molar-refractivity contribution in [2.45, 2.75) is 19.9 Å². The molecule has 21 heavy (non-hydrogen) atoms. The molecule has 0 bridgehead atoms. The second kappa shape index (κ2) is 5.04. The van der Waals surface area contributed by atoms with Crippen LogP contribution in [0.25, 0.3) is 22.4 Å². The summed E-state index contributed by atoms with van der Waals surface area (Å²) in [7, 11) is 0. The van der Waals surface area contributed by atoms with Crippen LogP contribution in [0.5, 0.6) is 0 Å². The summed E-state index contributed by atoms with van der Waals surface area (Å²) < 4.78 is 15.8. The van der Waals surface area contributed by atoms with Crippen molar-refractivity contribution in [3.8, 4) is 11.4 Å². The molecule has 0 saturated heterocycles. The quantitative estimate of drug-likeness (QED) is 0.700. The third-order valence-electron chi connectivity index (χ3n) is 3.46. The number of anilines is 1. The Bertz CT molecular complexity index is 824. The predicted molar refractivity (Wildman–Crippen MR) is 84.9 cm³/mol. The topological polar surface area (TPSA) is 43.8 Å². The van der Waals surface area contributed by atoms with E-state index >= 15 is 0 Å². The number of halogens is 2. The molecule has 1 aromatic heterocycles. The van der Waals surface area contributed by atoms with Gasteiger partial charge in [0.05, 0.1) is 16.7 Å². The van der Waals surface area contributed by atoms with Gasteiger partial charge in [-0.15, -0.1) is 0 Å². The number of nitrogens with two attached hydrogens (primary N) is 1. The Kier molecular flexibility index (Phi) is 3.33. The zero-order valence-electron chi connectivity index (χ0n) is 11.8. The maximum Gasteiger partial charge on any atom is 0.146 e. The van der Waals surface area contributed by atoms with Crippen molar-refractivity contribution >= 4 is 28.3 Å². The van der Waals surface area contributed by atoms with Crippen molar-refractivity contribution in [1.29, 1.82) is 0 Å².